The van der Waals surface area contributed by atoms with Crippen LogP contribution in [-0.4, -0.2) is 48.1 Å². The van der Waals surface area contributed by atoms with Crippen LogP contribution in [0.2, 0.25) is 0 Å². The monoisotopic (exact) mass is 348 g/mol. The highest BCUT2D eigenvalue weighted by atomic mass is 15.2. The van der Waals surface area contributed by atoms with E-state index in [9.17, 15) is 0 Å². The molecule has 4 heterocycles. The number of fused-ring (bicyclic) bond motifs is 4. The number of hydrogen-bond acceptors (Lipinski definition) is 2. The van der Waals surface area contributed by atoms with E-state index in [1.165, 1.54) is 44.9 Å². The molecule has 4 rings (SSSR count). The third kappa shape index (κ3) is 5.96. The lowest BCUT2D eigenvalue weighted by molar-refractivity contribution is 0.130. The summed E-state index contributed by atoms with van der Waals surface area (Å²) in [5.74, 6) is 0. The molecular weight excluding hydrogens is 304 g/mol. The van der Waals surface area contributed by atoms with Gasteiger partial charge >= 0.3 is 0 Å². The molecular formula is C23H44N2. The number of likely N-dealkylation sites (N-methyl/N-ethyl adjacent to an activating group) is 2. The Morgan fingerprint density at radius 3 is 1.56 bits per heavy atom. The molecule has 2 heteroatoms. The van der Waals surface area contributed by atoms with Gasteiger partial charge in [-0.2, -0.15) is 0 Å². The maximum Gasteiger partial charge on any atom is 0.0281 e. The van der Waals surface area contributed by atoms with E-state index in [1.54, 1.807) is 11.1 Å². The molecule has 4 atom stereocenters. The first-order valence-electron chi connectivity index (χ1n) is 10.8. The summed E-state index contributed by atoms with van der Waals surface area (Å²) in [4.78, 5) is 5.07. The topological polar surface area (TPSA) is 6.48 Å². The van der Waals surface area contributed by atoms with Crippen LogP contribution in [0.3, 0.4) is 0 Å². The molecule has 0 radical (unpaired) electrons. The fourth-order valence-electron chi connectivity index (χ4n) is 4.71. The van der Waals surface area contributed by atoms with Gasteiger partial charge in [0.15, 0.2) is 0 Å². The Hall–Kier alpha value is -0.600. The summed E-state index contributed by atoms with van der Waals surface area (Å²) in [5.41, 5.74) is 3.21. The van der Waals surface area contributed by atoms with Crippen molar-refractivity contribution in [1.29, 1.82) is 0 Å². The number of nitrogens with zero attached hydrogens (tertiary/aromatic N) is 2. The van der Waals surface area contributed by atoms with Gasteiger partial charge in [0, 0.05) is 24.2 Å². The van der Waals surface area contributed by atoms with Crippen molar-refractivity contribution in [2.24, 2.45) is 0 Å². The van der Waals surface area contributed by atoms with Crippen molar-refractivity contribution >= 4 is 0 Å². The highest BCUT2D eigenvalue weighted by Crippen LogP contribution is 2.33. The van der Waals surface area contributed by atoms with E-state index in [4.69, 9.17) is 0 Å². The van der Waals surface area contributed by atoms with Crippen LogP contribution < -0.4 is 0 Å². The van der Waals surface area contributed by atoms with Gasteiger partial charge in [-0.1, -0.05) is 57.4 Å². The van der Waals surface area contributed by atoms with E-state index in [1.807, 2.05) is 27.7 Å². The first-order chi connectivity index (χ1) is 12.0. The van der Waals surface area contributed by atoms with Crippen LogP contribution in [0.25, 0.3) is 0 Å². The van der Waals surface area contributed by atoms with E-state index in [0.29, 0.717) is 0 Å². The van der Waals surface area contributed by atoms with Gasteiger partial charge in [0.1, 0.15) is 0 Å². The highest BCUT2D eigenvalue weighted by molar-refractivity contribution is 5.15. The van der Waals surface area contributed by atoms with Crippen LogP contribution in [0.15, 0.2) is 23.3 Å². The molecule has 0 saturated carbocycles. The Balaban J connectivity index is 0.000000210. The standard InChI is InChI=1S/C10H17N.C9H15N.2C2H6/c1-8-6-9-4-3-5-10(7-8)11(9)2;1-7-5-8-3-4-9(6-7)10(8)2;2*1-2/h6,9-10H,3-5,7H2,1-2H3;5,8-9H,3-4,6H2,1-2H3;2*1-2H3. The van der Waals surface area contributed by atoms with Gasteiger partial charge in [0.05, 0.1) is 0 Å². The Bertz CT molecular complexity index is 437. The second kappa shape index (κ2) is 11.2. The van der Waals surface area contributed by atoms with E-state index < -0.39 is 0 Å². The van der Waals surface area contributed by atoms with E-state index in [2.05, 4.69) is 49.9 Å². The zero-order valence-electron chi connectivity index (χ0n) is 18.3. The summed E-state index contributed by atoms with van der Waals surface area (Å²) in [5, 5.41) is 0. The van der Waals surface area contributed by atoms with E-state index >= 15 is 0 Å². The predicted octanol–water partition coefficient (Wildman–Crippen LogP) is 6.04. The van der Waals surface area contributed by atoms with Crippen LogP contribution in [0.5, 0.6) is 0 Å². The normalized spacial score (nSPS) is 33.4. The molecule has 0 aliphatic carbocycles. The molecule has 0 spiro atoms. The van der Waals surface area contributed by atoms with Crippen molar-refractivity contribution in [3.63, 3.8) is 0 Å². The molecule has 4 unspecified atom stereocenters. The molecule has 0 aromatic rings. The molecule has 2 fully saturated rings. The van der Waals surface area contributed by atoms with Crippen molar-refractivity contribution < 1.29 is 0 Å². The second-order valence-electron chi connectivity index (χ2n) is 7.72. The van der Waals surface area contributed by atoms with Crippen molar-refractivity contribution in [2.45, 2.75) is 111 Å². The summed E-state index contributed by atoms with van der Waals surface area (Å²) >= 11 is 0. The molecule has 0 aromatic heterocycles. The van der Waals surface area contributed by atoms with Crippen molar-refractivity contribution in [1.82, 2.24) is 9.80 Å². The van der Waals surface area contributed by atoms with Crippen molar-refractivity contribution in [3.8, 4) is 0 Å². The Morgan fingerprint density at radius 2 is 1.12 bits per heavy atom. The third-order valence-corrected chi connectivity index (χ3v) is 6.10. The average molecular weight is 349 g/mol. The van der Waals surface area contributed by atoms with E-state index in [0.717, 1.165) is 24.2 Å². The Kier molecular flexibility index (Phi) is 10.0. The van der Waals surface area contributed by atoms with Crippen LogP contribution in [-0.2, 0) is 0 Å². The quantitative estimate of drug-likeness (QED) is 0.492. The number of piperidine rings is 1. The van der Waals surface area contributed by atoms with Crippen LogP contribution >= 0.6 is 0 Å². The Morgan fingerprint density at radius 1 is 0.680 bits per heavy atom. The molecule has 25 heavy (non-hydrogen) atoms. The summed E-state index contributed by atoms with van der Waals surface area (Å²) in [7, 11) is 4.53. The van der Waals surface area contributed by atoms with E-state index in [-0.39, 0.29) is 0 Å². The average Bonchev–Trinajstić information content (AvgIpc) is 2.82. The van der Waals surface area contributed by atoms with Gasteiger partial charge in [-0.3, -0.25) is 9.80 Å². The van der Waals surface area contributed by atoms with Crippen LogP contribution in [0, 0.1) is 0 Å². The smallest absolute Gasteiger partial charge is 0.0281 e. The van der Waals surface area contributed by atoms with Crippen LogP contribution in [0.4, 0.5) is 0 Å². The molecule has 4 aliphatic rings. The molecule has 2 saturated heterocycles. The molecule has 0 aromatic carbocycles. The number of rotatable bonds is 0. The van der Waals surface area contributed by atoms with Gasteiger partial charge < -0.3 is 0 Å². The lowest BCUT2D eigenvalue weighted by atomic mass is 9.86. The van der Waals surface area contributed by atoms with Gasteiger partial charge in [-0.15, -0.1) is 0 Å². The second-order valence-corrected chi connectivity index (χ2v) is 7.72. The van der Waals surface area contributed by atoms with Gasteiger partial charge in [0.25, 0.3) is 0 Å². The fraction of sp³-hybridized carbons (Fsp3) is 0.826. The first-order valence-corrected chi connectivity index (χ1v) is 10.8. The zero-order chi connectivity index (χ0) is 19.0. The third-order valence-electron chi connectivity index (χ3n) is 6.10. The van der Waals surface area contributed by atoms with Gasteiger partial charge in [-0.05, 0) is 66.5 Å². The van der Waals surface area contributed by atoms with Crippen molar-refractivity contribution in [3.05, 3.63) is 23.3 Å². The molecule has 2 nitrogen and oxygen atoms in total. The first kappa shape index (κ1) is 22.4. The molecule has 4 bridgehead atoms. The van der Waals surface area contributed by atoms with Crippen LogP contribution in [0.1, 0.15) is 86.5 Å². The summed E-state index contributed by atoms with van der Waals surface area (Å²) in [6.07, 6.45) is 14.5. The minimum atomic E-state index is 0.766. The minimum absolute atomic E-state index is 0.766. The summed E-state index contributed by atoms with van der Waals surface area (Å²) < 4.78 is 0. The SMILES string of the molecule is CC.CC.CC1=CC2CCC(C1)N2C.CC1=CC2CCCC(C1)N2C. The summed E-state index contributed by atoms with van der Waals surface area (Å²) in [6, 6.07) is 3.27. The largest absolute Gasteiger partial charge is 0.297 e. The molecule has 0 N–H and O–H groups in total. The highest BCUT2D eigenvalue weighted by Gasteiger charge is 2.32. The lowest BCUT2D eigenvalue weighted by Crippen LogP contribution is -2.45. The lowest BCUT2D eigenvalue weighted by Gasteiger charge is -2.42. The van der Waals surface area contributed by atoms with Gasteiger partial charge in [0.2, 0.25) is 0 Å². The minimum Gasteiger partial charge on any atom is -0.297 e. The molecule has 0 amide bonds. The number of hydrogen-bond donors (Lipinski definition) is 0. The van der Waals surface area contributed by atoms with Crippen molar-refractivity contribution in [2.75, 3.05) is 14.1 Å². The fourth-order valence-corrected chi connectivity index (χ4v) is 4.71. The molecule has 4 aliphatic heterocycles. The maximum atomic E-state index is 2.55. The zero-order valence-corrected chi connectivity index (χ0v) is 18.3. The predicted molar refractivity (Wildman–Crippen MR) is 113 cm³/mol. The van der Waals surface area contributed by atoms with Gasteiger partial charge in [-0.25, -0.2) is 0 Å². The molecule has 146 valence electrons. The Labute approximate surface area is 158 Å². The summed E-state index contributed by atoms with van der Waals surface area (Å²) in [6.45, 7) is 12.5. The maximum absolute atomic E-state index is 2.55.